The number of ether oxygens (including phenoxy) is 1. The molecule has 2 aromatic carbocycles. The maximum atomic E-state index is 12.8. The van der Waals surface area contributed by atoms with E-state index in [2.05, 4.69) is 6.92 Å². The maximum absolute atomic E-state index is 12.8. The molecule has 21 heavy (non-hydrogen) atoms. The molecular formula is C18H16O2S. The first-order valence-electron chi connectivity index (χ1n) is 6.93. The minimum absolute atomic E-state index is 0.0820. The molecule has 0 unspecified atom stereocenters. The maximum Gasteiger partial charge on any atom is 0.203 e. The van der Waals surface area contributed by atoms with Gasteiger partial charge in [-0.05, 0) is 36.1 Å². The van der Waals surface area contributed by atoms with Crippen LogP contribution < -0.4 is 4.74 Å². The highest BCUT2D eigenvalue weighted by molar-refractivity contribution is 7.14. The van der Waals surface area contributed by atoms with Gasteiger partial charge in [0.25, 0.3) is 0 Å². The summed E-state index contributed by atoms with van der Waals surface area (Å²) >= 11 is 1.57. The molecule has 0 aliphatic carbocycles. The summed E-state index contributed by atoms with van der Waals surface area (Å²) < 4.78 is 5.38. The SMILES string of the molecule is CCc1ccc(C(=O)c2ccc(OC)c3ccccc23)s1. The lowest BCUT2D eigenvalue weighted by molar-refractivity contribution is 0.104. The highest BCUT2D eigenvalue weighted by atomic mass is 32.1. The standard InChI is InChI=1S/C18H16O2S/c1-3-12-8-11-17(21-12)18(19)15-9-10-16(20-2)14-7-5-4-6-13(14)15/h4-11H,3H2,1-2H3. The van der Waals surface area contributed by atoms with Crippen molar-refractivity contribution in [3.05, 3.63) is 63.8 Å². The lowest BCUT2D eigenvalue weighted by atomic mass is 10.00. The lowest BCUT2D eigenvalue weighted by Crippen LogP contribution is -2.00. The van der Waals surface area contributed by atoms with Crippen LogP contribution in [0.4, 0.5) is 0 Å². The van der Waals surface area contributed by atoms with E-state index >= 15 is 0 Å². The number of hydrogen-bond donors (Lipinski definition) is 0. The number of aryl methyl sites for hydroxylation is 1. The van der Waals surface area contributed by atoms with E-state index in [0.717, 1.165) is 33.4 Å². The number of carbonyl (C=O) groups excluding carboxylic acids is 1. The molecule has 0 bridgehead atoms. The van der Waals surface area contributed by atoms with Crippen LogP contribution in [0.25, 0.3) is 10.8 Å². The first kappa shape index (κ1) is 13.8. The largest absolute Gasteiger partial charge is 0.496 e. The van der Waals surface area contributed by atoms with Crippen molar-refractivity contribution >= 4 is 27.9 Å². The molecule has 0 spiro atoms. The monoisotopic (exact) mass is 296 g/mol. The molecule has 3 rings (SSSR count). The van der Waals surface area contributed by atoms with E-state index < -0.39 is 0 Å². The van der Waals surface area contributed by atoms with E-state index in [0.29, 0.717) is 0 Å². The van der Waals surface area contributed by atoms with E-state index in [1.165, 1.54) is 4.88 Å². The highest BCUT2D eigenvalue weighted by Crippen LogP contribution is 2.30. The highest BCUT2D eigenvalue weighted by Gasteiger charge is 2.16. The lowest BCUT2D eigenvalue weighted by Gasteiger charge is -2.09. The van der Waals surface area contributed by atoms with Crippen LogP contribution in [-0.4, -0.2) is 12.9 Å². The summed E-state index contributed by atoms with van der Waals surface area (Å²) in [5, 5.41) is 1.91. The molecule has 1 heterocycles. The van der Waals surface area contributed by atoms with Crippen LogP contribution in [0.5, 0.6) is 5.75 Å². The van der Waals surface area contributed by atoms with Gasteiger partial charge in [-0.25, -0.2) is 0 Å². The summed E-state index contributed by atoms with van der Waals surface area (Å²) in [5.74, 6) is 0.876. The zero-order valence-electron chi connectivity index (χ0n) is 12.1. The zero-order chi connectivity index (χ0) is 14.8. The van der Waals surface area contributed by atoms with Crippen LogP contribution in [0.15, 0.2) is 48.5 Å². The molecule has 0 saturated carbocycles. The number of thiophene rings is 1. The van der Waals surface area contributed by atoms with Gasteiger partial charge in [0, 0.05) is 15.8 Å². The molecule has 0 aliphatic rings. The van der Waals surface area contributed by atoms with Gasteiger partial charge >= 0.3 is 0 Å². The number of carbonyl (C=O) groups is 1. The fourth-order valence-electron chi connectivity index (χ4n) is 2.47. The van der Waals surface area contributed by atoms with Gasteiger partial charge in [-0.2, -0.15) is 0 Å². The van der Waals surface area contributed by atoms with Gasteiger partial charge in [-0.15, -0.1) is 11.3 Å². The Labute approximate surface area is 128 Å². The Kier molecular flexibility index (Phi) is 3.76. The van der Waals surface area contributed by atoms with Crippen LogP contribution in [0.1, 0.15) is 27.0 Å². The fourth-order valence-corrected chi connectivity index (χ4v) is 3.37. The average molecular weight is 296 g/mol. The van der Waals surface area contributed by atoms with E-state index in [4.69, 9.17) is 4.74 Å². The van der Waals surface area contributed by atoms with E-state index in [9.17, 15) is 4.79 Å². The van der Waals surface area contributed by atoms with Gasteiger partial charge in [0.05, 0.1) is 12.0 Å². The summed E-state index contributed by atoms with van der Waals surface area (Å²) in [4.78, 5) is 14.8. The average Bonchev–Trinajstić information content (AvgIpc) is 3.02. The third-order valence-electron chi connectivity index (χ3n) is 3.58. The van der Waals surface area contributed by atoms with Gasteiger partial charge in [0.2, 0.25) is 5.78 Å². The number of fused-ring (bicyclic) bond motifs is 1. The number of rotatable bonds is 4. The molecule has 0 amide bonds. The quantitative estimate of drug-likeness (QED) is 0.652. The van der Waals surface area contributed by atoms with Crippen LogP contribution in [-0.2, 0) is 6.42 Å². The molecule has 0 fully saturated rings. The Balaban J connectivity index is 2.14. The molecular weight excluding hydrogens is 280 g/mol. The molecule has 0 saturated heterocycles. The topological polar surface area (TPSA) is 26.3 Å². The van der Waals surface area contributed by atoms with Crippen molar-refractivity contribution in [3.63, 3.8) is 0 Å². The predicted octanol–water partition coefficient (Wildman–Crippen LogP) is 4.70. The van der Waals surface area contributed by atoms with Crippen molar-refractivity contribution in [1.82, 2.24) is 0 Å². The number of benzene rings is 2. The number of methoxy groups -OCH3 is 1. The van der Waals surface area contributed by atoms with Crippen LogP contribution in [0.2, 0.25) is 0 Å². The molecule has 3 heteroatoms. The van der Waals surface area contributed by atoms with Gasteiger partial charge < -0.3 is 4.74 Å². The van der Waals surface area contributed by atoms with Crippen molar-refractivity contribution in [2.24, 2.45) is 0 Å². The fraction of sp³-hybridized carbons (Fsp3) is 0.167. The molecule has 0 aliphatic heterocycles. The van der Waals surface area contributed by atoms with Crippen molar-refractivity contribution in [3.8, 4) is 5.75 Å². The number of hydrogen-bond acceptors (Lipinski definition) is 3. The van der Waals surface area contributed by atoms with Crippen molar-refractivity contribution in [2.75, 3.05) is 7.11 Å². The minimum atomic E-state index is 0.0820. The second kappa shape index (κ2) is 5.70. The van der Waals surface area contributed by atoms with Crippen molar-refractivity contribution in [2.45, 2.75) is 13.3 Å². The second-order valence-electron chi connectivity index (χ2n) is 4.81. The first-order valence-corrected chi connectivity index (χ1v) is 7.75. The Morgan fingerprint density at radius 2 is 1.81 bits per heavy atom. The zero-order valence-corrected chi connectivity index (χ0v) is 12.9. The molecule has 106 valence electrons. The van der Waals surface area contributed by atoms with Gasteiger partial charge in [-0.3, -0.25) is 4.79 Å². The van der Waals surface area contributed by atoms with Crippen LogP contribution in [0, 0.1) is 0 Å². The summed E-state index contributed by atoms with van der Waals surface area (Å²) in [7, 11) is 1.65. The normalized spacial score (nSPS) is 10.8. The van der Waals surface area contributed by atoms with Crippen molar-refractivity contribution < 1.29 is 9.53 Å². The summed E-state index contributed by atoms with van der Waals surface area (Å²) in [5.41, 5.74) is 0.732. The second-order valence-corrected chi connectivity index (χ2v) is 5.98. The van der Waals surface area contributed by atoms with Gasteiger partial charge in [0.15, 0.2) is 0 Å². The predicted molar refractivity (Wildman–Crippen MR) is 87.6 cm³/mol. The smallest absolute Gasteiger partial charge is 0.203 e. The minimum Gasteiger partial charge on any atom is -0.496 e. The Bertz CT molecular complexity index is 802. The molecule has 0 radical (unpaired) electrons. The summed E-state index contributed by atoms with van der Waals surface area (Å²) in [6, 6.07) is 15.5. The molecule has 0 atom stereocenters. The van der Waals surface area contributed by atoms with Crippen LogP contribution in [0.3, 0.4) is 0 Å². The van der Waals surface area contributed by atoms with E-state index in [1.54, 1.807) is 18.4 Å². The molecule has 0 N–H and O–H groups in total. The van der Waals surface area contributed by atoms with E-state index in [-0.39, 0.29) is 5.78 Å². The summed E-state index contributed by atoms with van der Waals surface area (Å²) in [6.07, 6.45) is 0.960. The van der Waals surface area contributed by atoms with Gasteiger partial charge in [-0.1, -0.05) is 31.2 Å². The summed E-state index contributed by atoms with van der Waals surface area (Å²) in [6.45, 7) is 2.10. The third kappa shape index (κ3) is 2.45. The molecule has 1 aromatic heterocycles. The third-order valence-corrected chi connectivity index (χ3v) is 4.81. The van der Waals surface area contributed by atoms with Crippen molar-refractivity contribution in [1.29, 1.82) is 0 Å². The first-order chi connectivity index (χ1) is 10.2. The van der Waals surface area contributed by atoms with E-state index in [1.807, 2.05) is 48.5 Å². The Morgan fingerprint density at radius 1 is 1.05 bits per heavy atom. The van der Waals surface area contributed by atoms with Gasteiger partial charge in [0.1, 0.15) is 5.75 Å². The molecule has 3 aromatic rings. The molecule has 2 nitrogen and oxygen atoms in total. The Morgan fingerprint density at radius 3 is 2.48 bits per heavy atom. The Hall–Kier alpha value is -2.13. The van der Waals surface area contributed by atoms with Crippen LogP contribution >= 0.6 is 11.3 Å². The number of ketones is 1.